The van der Waals surface area contributed by atoms with Gasteiger partial charge in [-0.15, -0.1) is 10.2 Å². The molecule has 3 rings (SSSR count). The lowest BCUT2D eigenvalue weighted by Gasteiger charge is -2.04. The Balaban J connectivity index is 1.63. The zero-order valence-electron chi connectivity index (χ0n) is 13.4. The minimum atomic E-state index is 0.366. The summed E-state index contributed by atoms with van der Waals surface area (Å²) < 4.78 is 10.9. The van der Waals surface area contributed by atoms with Gasteiger partial charge in [-0.2, -0.15) is 10.2 Å². The minimum Gasteiger partial charge on any atom is -0.494 e. The normalized spacial score (nSPS) is 10.7. The summed E-state index contributed by atoms with van der Waals surface area (Å²) in [7, 11) is 0. The first-order valence-corrected chi connectivity index (χ1v) is 7.73. The molecular formula is C16H18N6O2. The summed E-state index contributed by atoms with van der Waals surface area (Å²) in [4.78, 5) is 4.37. The zero-order chi connectivity index (χ0) is 16.8. The maximum Gasteiger partial charge on any atom is 0.231 e. The van der Waals surface area contributed by atoms with Crippen LogP contribution in [-0.4, -0.2) is 37.4 Å². The van der Waals surface area contributed by atoms with Crippen LogP contribution >= 0.6 is 0 Å². The number of rotatable bonds is 8. The summed E-state index contributed by atoms with van der Waals surface area (Å²) >= 11 is 0. The Hall–Kier alpha value is -3.03. The zero-order valence-corrected chi connectivity index (χ0v) is 13.4. The van der Waals surface area contributed by atoms with E-state index >= 15 is 0 Å². The largest absolute Gasteiger partial charge is 0.494 e. The van der Waals surface area contributed by atoms with Gasteiger partial charge in [-0.25, -0.2) is 0 Å². The number of tetrazole rings is 1. The molecule has 0 atom stereocenters. The van der Waals surface area contributed by atoms with Gasteiger partial charge >= 0.3 is 0 Å². The van der Waals surface area contributed by atoms with Crippen LogP contribution in [-0.2, 0) is 6.42 Å². The summed E-state index contributed by atoms with van der Waals surface area (Å²) in [6, 6.07) is 7.62. The molecule has 24 heavy (non-hydrogen) atoms. The van der Waals surface area contributed by atoms with Crippen molar-refractivity contribution in [3.05, 3.63) is 42.6 Å². The summed E-state index contributed by atoms with van der Waals surface area (Å²) in [5.41, 5.74) is 1.51. The highest BCUT2D eigenvalue weighted by Crippen LogP contribution is 2.21. The lowest BCUT2D eigenvalue weighted by molar-refractivity contribution is 0.309. The van der Waals surface area contributed by atoms with Crippen LogP contribution in [0.5, 0.6) is 5.75 Å². The number of H-pyrrole nitrogens is 1. The Morgan fingerprint density at radius 3 is 2.83 bits per heavy atom. The fourth-order valence-corrected chi connectivity index (χ4v) is 2.05. The number of hydrogen-bond acceptors (Lipinski definition) is 7. The van der Waals surface area contributed by atoms with E-state index in [1.807, 2.05) is 24.3 Å². The Morgan fingerprint density at radius 1 is 1.29 bits per heavy atom. The summed E-state index contributed by atoms with van der Waals surface area (Å²) in [5, 5.41) is 17.6. The van der Waals surface area contributed by atoms with Gasteiger partial charge in [0.2, 0.25) is 17.5 Å². The second kappa shape index (κ2) is 7.49. The first kappa shape index (κ1) is 15.9. The van der Waals surface area contributed by atoms with Gasteiger partial charge in [0, 0.05) is 11.1 Å². The maximum atomic E-state index is 5.64. The molecule has 2 heterocycles. The second-order valence-electron chi connectivity index (χ2n) is 5.25. The Labute approximate surface area is 138 Å². The molecule has 1 N–H and O–H groups in total. The molecule has 2 aromatic heterocycles. The van der Waals surface area contributed by atoms with Crippen molar-refractivity contribution in [2.75, 3.05) is 6.61 Å². The number of nitrogens with one attached hydrogen (secondary N) is 1. The number of aromatic amines is 1. The van der Waals surface area contributed by atoms with E-state index in [0.717, 1.165) is 30.8 Å². The van der Waals surface area contributed by atoms with Gasteiger partial charge in [0.05, 0.1) is 13.0 Å². The predicted molar refractivity (Wildman–Crippen MR) is 87.1 cm³/mol. The van der Waals surface area contributed by atoms with Crippen molar-refractivity contribution < 1.29 is 9.26 Å². The van der Waals surface area contributed by atoms with E-state index in [2.05, 4.69) is 44.3 Å². The van der Waals surface area contributed by atoms with Crippen LogP contribution in [0.25, 0.3) is 17.0 Å². The molecule has 0 unspecified atom stereocenters. The molecule has 124 valence electrons. The van der Waals surface area contributed by atoms with Crippen molar-refractivity contribution in [2.24, 2.45) is 0 Å². The molecule has 0 aliphatic rings. The number of unbranched alkanes of at least 4 members (excludes halogenated alkanes) is 1. The molecule has 0 bridgehead atoms. The molecule has 3 aromatic rings. The summed E-state index contributed by atoms with van der Waals surface area (Å²) in [6.07, 6.45) is 2.52. The van der Waals surface area contributed by atoms with E-state index in [4.69, 9.17) is 9.26 Å². The highest BCUT2D eigenvalue weighted by molar-refractivity contribution is 5.59. The van der Waals surface area contributed by atoms with Crippen molar-refractivity contribution in [1.29, 1.82) is 0 Å². The highest BCUT2D eigenvalue weighted by atomic mass is 16.5. The molecule has 0 aliphatic heterocycles. The van der Waals surface area contributed by atoms with Crippen molar-refractivity contribution in [1.82, 2.24) is 30.8 Å². The van der Waals surface area contributed by atoms with Gasteiger partial charge in [-0.3, -0.25) is 0 Å². The summed E-state index contributed by atoms with van der Waals surface area (Å²) in [6.45, 7) is 6.75. The second-order valence-corrected chi connectivity index (χ2v) is 5.25. The molecule has 0 saturated heterocycles. The lowest BCUT2D eigenvalue weighted by Crippen LogP contribution is -1.96. The number of aromatic nitrogens is 6. The first-order valence-electron chi connectivity index (χ1n) is 7.73. The van der Waals surface area contributed by atoms with Gasteiger partial charge in [-0.05, 0) is 35.9 Å². The van der Waals surface area contributed by atoms with Crippen LogP contribution in [0.1, 0.15) is 31.5 Å². The Morgan fingerprint density at radius 2 is 2.12 bits per heavy atom. The van der Waals surface area contributed by atoms with Crippen molar-refractivity contribution in [3.63, 3.8) is 0 Å². The monoisotopic (exact) mass is 326 g/mol. The van der Waals surface area contributed by atoms with Crippen LogP contribution < -0.4 is 4.74 Å². The third-order valence-corrected chi connectivity index (χ3v) is 3.37. The molecular weight excluding hydrogens is 308 g/mol. The van der Waals surface area contributed by atoms with Gasteiger partial charge in [0.15, 0.2) is 0 Å². The Bertz CT molecular complexity index is 779. The highest BCUT2D eigenvalue weighted by Gasteiger charge is 2.12. The van der Waals surface area contributed by atoms with Crippen molar-refractivity contribution in [2.45, 2.75) is 26.2 Å². The quantitative estimate of drug-likeness (QED) is 0.635. The van der Waals surface area contributed by atoms with E-state index in [1.165, 1.54) is 0 Å². The topological polar surface area (TPSA) is 103 Å². The molecule has 0 amide bonds. The fourth-order valence-electron chi connectivity index (χ4n) is 2.05. The van der Waals surface area contributed by atoms with E-state index < -0.39 is 0 Å². The average Bonchev–Trinajstić information content (AvgIpc) is 3.27. The van der Waals surface area contributed by atoms with E-state index in [-0.39, 0.29) is 0 Å². The Kier molecular flexibility index (Phi) is 4.95. The average molecular weight is 326 g/mol. The predicted octanol–water partition coefficient (Wildman–Crippen LogP) is 2.68. The molecule has 8 nitrogen and oxygen atoms in total. The molecule has 0 aliphatic carbocycles. The van der Waals surface area contributed by atoms with Crippen LogP contribution in [0.4, 0.5) is 0 Å². The smallest absolute Gasteiger partial charge is 0.231 e. The summed E-state index contributed by atoms with van der Waals surface area (Å²) in [5.74, 6) is 2.24. The number of nitrogens with zero attached hydrogens (tertiary/aromatic N) is 5. The van der Waals surface area contributed by atoms with E-state index in [9.17, 15) is 0 Å². The number of benzene rings is 1. The van der Waals surface area contributed by atoms with Crippen LogP contribution in [0.3, 0.4) is 0 Å². The van der Waals surface area contributed by atoms with Gasteiger partial charge < -0.3 is 9.26 Å². The van der Waals surface area contributed by atoms with Crippen LogP contribution in [0.2, 0.25) is 0 Å². The third kappa shape index (κ3) is 3.83. The van der Waals surface area contributed by atoms with Gasteiger partial charge in [-0.1, -0.05) is 25.1 Å². The third-order valence-electron chi connectivity index (χ3n) is 3.37. The lowest BCUT2D eigenvalue weighted by atomic mass is 10.2. The molecule has 1 aromatic carbocycles. The van der Waals surface area contributed by atoms with Crippen LogP contribution in [0.15, 0.2) is 35.4 Å². The standard InChI is InChI=1S/C16H18N6O2/c1-3-4-9-23-13-7-5-12(6-8-13)16-17-14(24-20-16)10-11(2)15-18-21-22-19-15/h5-8H,2-4,9-10H2,1H3,(H,18,19,21,22). The maximum absolute atomic E-state index is 5.64. The SMILES string of the molecule is C=C(Cc1nc(-c2ccc(OCCCC)cc2)no1)c1nn[nH]n1. The molecule has 0 radical (unpaired) electrons. The minimum absolute atomic E-state index is 0.366. The van der Waals surface area contributed by atoms with Gasteiger partial charge in [0.25, 0.3) is 0 Å². The number of hydrogen-bond donors (Lipinski definition) is 1. The molecule has 0 spiro atoms. The number of ether oxygens (including phenoxy) is 1. The molecule has 0 fully saturated rings. The van der Waals surface area contributed by atoms with E-state index in [0.29, 0.717) is 29.5 Å². The number of allylic oxidation sites excluding steroid dienone is 1. The first-order chi connectivity index (χ1) is 11.8. The van der Waals surface area contributed by atoms with Crippen molar-refractivity contribution in [3.8, 4) is 17.1 Å². The molecule has 8 heteroatoms. The molecule has 0 saturated carbocycles. The van der Waals surface area contributed by atoms with Crippen LogP contribution in [0, 0.1) is 0 Å². The fraction of sp³-hybridized carbons (Fsp3) is 0.312. The van der Waals surface area contributed by atoms with Crippen molar-refractivity contribution >= 4 is 5.57 Å². The van der Waals surface area contributed by atoms with E-state index in [1.54, 1.807) is 0 Å². The van der Waals surface area contributed by atoms with Gasteiger partial charge in [0.1, 0.15) is 5.75 Å².